The van der Waals surface area contributed by atoms with Crippen molar-refractivity contribution >= 4 is 40.8 Å². The van der Waals surface area contributed by atoms with Crippen LogP contribution in [0.2, 0.25) is 0 Å². The lowest BCUT2D eigenvalue weighted by atomic mass is 10.0. The number of aliphatic hydroxyl groups is 4. The maximum absolute atomic E-state index is 12.2. The van der Waals surface area contributed by atoms with Crippen molar-refractivity contribution < 1.29 is 44.2 Å². The molecule has 2 aliphatic rings. The number of ether oxygens (including phenoxy) is 4. The molecule has 0 spiro atoms. The zero-order valence-corrected chi connectivity index (χ0v) is 24.5. The smallest absolute Gasteiger partial charge is 0.305 e. The molecular weight excluding hydrogens is 563 g/mol. The molecule has 12 heteroatoms. The minimum Gasteiger partial charge on any atom is -0.463 e. The average molecular weight is 608 g/mol. The second kappa shape index (κ2) is 17.8. The lowest BCUT2D eigenvalue weighted by Crippen LogP contribution is -2.61. The van der Waals surface area contributed by atoms with E-state index in [1.165, 1.54) is 51.4 Å². The summed E-state index contributed by atoms with van der Waals surface area (Å²) >= 11 is 18.0. The standard InChI is InChI=1S/C26H45Cl3O9/c1-2-3-4-5-6-7-8-9-10-11-12-13-19(30)35-15-18-20(29)22(32)23(33)25(36-18)38-26(16-28)24(34)21(31)17(14-27)37-26/h17-18,20-25,31-34H,2-16H2,1H3/t17-,18-,20+,21-,22+,23-,24+,25-,26-/m1/s1. The van der Waals surface area contributed by atoms with Crippen molar-refractivity contribution in [1.29, 1.82) is 0 Å². The van der Waals surface area contributed by atoms with Crippen LogP contribution in [0.15, 0.2) is 0 Å². The summed E-state index contributed by atoms with van der Waals surface area (Å²) in [6.07, 6.45) is 3.57. The third-order valence-corrected chi connectivity index (χ3v) is 8.39. The summed E-state index contributed by atoms with van der Waals surface area (Å²) < 4.78 is 22.2. The van der Waals surface area contributed by atoms with E-state index < -0.39 is 65.9 Å². The third-order valence-electron chi connectivity index (χ3n) is 7.17. The molecule has 0 aliphatic carbocycles. The van der Waals surface area contributed by atoms with Crippen LogP contribution < -0.4 is 0 Å². The molecule has 9 atom stereocenters. The Balaban J connectivity index is 1.73. The quantitative estimate of drug-likeness (QED) is 0.105. The number of hydrogen-bond donors (Lipinski definition) is 4. The average Bonchev–Trinajstić information content (AvgIpc) is 3.16. The Kier molecular flexibility index (Phi) is 16.0. The van der Waals surface area contributed by atoms with E-state index in [-0.39, 0.29) is 18.9 Å². The van der Waals surface area contributed by atoms with E-state index in [2.05, 4.69) is 6.92 Å². The minimum absolute atomic E-state index is 0.140. The Morgan fingerprint density at radius 2 is 1.42 bits per heavy atom. The van der Waals surface area contributed by atoms with Gasteiger partial charge in [-0.3, -0.25) is 4.79 Å². The lowest BCUT2D eigenvalue weighted by Gasteiger charge is -2.43. The highest BCUT2D eigenvalue weighted by atomic mass is 35.5. The first-order valence-electron chi connectivity index (χ1n) is 13.9. The maximum Gasteiger partial charge on any atom is 0.305 e. The largest absolute Gasteiger partial charge is 0.463 e. The molecule has 2 fully saturated rings. The van der Waals surface area contributed by atoms with Crippen LogP contribution in [0.5, 0.6) is 0 Å². The molecule has 0 bridgehead atoms. The Labute approximate surface area is 241 Å². The van der Waals surface area contributed by atoms with Crippen molar-refractivity contribution in [2.75, 3.05) is 18.4 Å². The zero-order valence-electron chi connectivity index (χ0n) is 22.2. The van der Waals surface area contributed by atoms with Gasteiger partial charge in [0.05, 0.1) is 17.1 Å². The fourth-order valence-corrected chi connectivity index (χ4v) is 5.54. The van der Waals surface area contributed by atoms with E-state index in [0.29, 0.717) is 0 Å². The van der Waals surface area contributed by atoms with Crippen LogP contribution in [-0.2, 0) is 23.7 Å². The van der Waals surface area contributed by atoms with Gasteiger partial charge in [0.15, 0.2) is 6.29 Å². The summed E-state index contributed by atoms with van der Waals surface area (Å²) in [4.78, 5) is 12.2. The van der Waals surface area contributed by atoms with E-state index in [4.69, 9.17) is 53.8 Å². The van der Waals surface area contributed by atoms with E-state index in [9.17, 15) is 25.2 Å². The number of unbranched alkanes of at least 4 members (excludes halogenated alkanes) is 10. The molecule has 0 saturated carbocycles. The highest BCUT2D eigenvalue weighted by Gasteiger charge is 2.58. The molecule has 0 aromatic rings. The van der Waals surface area contributed by atoms with Gasteiger partial charge >= 0.3 is 5.97 Å². The second-order valence-corrected chi connectivity index (χ2v) is 11.3. The molecule has 2 heterocycles. The Morgan fingerprint density at radius 1 is 0.842 bits per heavy atom. The van der Waals surface area contributed by atoms with Gasteiger partial charge in [-0.15, -0.1) is 34.8 Å². The highest BCUT2D eigenvalue weighted by molar-refractivity contribution is 6.21. The number of carbonyl (C=O) groups is 1. The van der Waals surface area contributed by atoms with Crippen molar-refractivity contribution in [2.45, 2.75) is 138 Å². The second-order valence-electron chi connectivity index (χ2n) is 10.2. The normalized spacial score (nSPS) is 35.5. The van der Waals surface area contributed by atoms with Gasteiger partial charge in [-0.05, 0) is 6.42 Å². The highest BCUT2D eigenvalue weighted by Crippen LogP contribution is 2.38. The summed E-state index contributed by atoms with van der Waals surface area (Å²) in [5.41, 5.74) is 0. The van der Waals surface area contributed by atoms with Crippen molar-refractivity contribution in [3.63, 3.8) is 0 Å². The van der Waals surface area contributed by atoms with Gasteiger partial charge in [0.2, 0.25) is 5.79 Å². The number of alkyl halides is 3. The maximum atomic E-state index is 12.2. The predicted molar refractivity (Wildman–Crippen MR) is 144 cm³/mol. The molecule has 2 aliphatic heterocycles. The number of halogens is 3. The number of carbonyl (C=O) groups excluding carboxylic acids is 1. The summed E-state index contributed by atoms with van der Waals surface area (Å²) in [5.74, 6) is -2.92. The molecule has 0 amide bonds. The first-order valence-corrected chi connectivity index (χ1v) is 15.4. The molecule has 0 aromatic heterocycles. The van der Waals surface area contributed by atoms with E-state index >= 15 is 0 Å². The molecule has 0 unspecified atom stereocenters. The summed E-state index contributed by atoms with van der Waals surface area (Å²) in [7, 11) is 0. The van der Waals surface area contributed by atoms with Crippen molar-refractivity contribution in [3.05, 3.63) is 0 Å². The molecule has 4 N–H and O–H groups in total. The summed E-state index contributed by atoms with van der Waals surface area (Å²) in [6, 6.07) is 0. The summed E-state index contributed by atoms with van der Waals surface area (Å²) in [6.45, 7) is 1.95. The molecule has 38 heavy (non-hydrogen) atoms. The van der Waals surface area contributed by atoms with Gasteiger partial charge in [-0.25, -0.2) is 0 Å². The van der Waals surface area contributed by atoms with Gasteiger partial charge in [0.1, 0.15) is 43.2 Å². The van der Waals surface area contributed by atoms with Crippen LogP contribution in [0, 0.1) is 0 Å². The fraction of sp³-hybridized carbons (Fsp3) is 0.962. The van der Waals surface area contributed by atoms with E-state index in [1.54, 1.807) is 0 Å². The van der Waals surface area contributed by atoms with Gasteiger partial charge in [-0.1, -0.05) is 71.1 Å². The van der Waals surface area contributed by atoms with Crippen molar-refractivity contribution in [3.8, 4) is 0 Å². The minimum atomic E-state index is -1.94. The molecule has 9 nitrogen and oxygen atoms in total. The van der Waals surface area contributed by atoms with Gasteiger partial charge in [-0.2, -0.15) is 0 Å². The molecule has 2 saturated heterocycles. The topological polar surface area (TPSA) is 135 Å². The molecule has 0 aromatic carbocycles. The molecular formula is C26H45Cl3O9. The monoisotopic (exact) mass is 606 g/mol. The number of aliphatic hydroxyl groups excluding tert-OH is 4. The van der Waals surface area contributed by atoms with Crippen LogP contribution in [-0.4, -0.2) is 98.8 Å². The number of esters is 1. The number of rotatable bonds is 18. The van der Waals surface area contributed by atoms with E-state index in [1.807, 2.05) is 0 Å². The summed E-state index contributed by atoms with van der Waals surface area (Å²) in [5, 5.41) is 40.4. The predicted octanol–water partition coefficient (Wildman–Crippen LogP) is 3.60. The van der Waals surface area contributed by atoms with Crippen molar-refractivity contribution in [1.82, 2.24) is 0 Å². The van der Waals surface area contributed by atoms with Gasteiger partial charge < -0.3 is 39.4 Å². The molecule has 224 valence electrons. The zero-order chi connectivity index (χ0) is 28.1. The van der Waals surface area contributed by atoms with Gasteiger partial charge in [0, 0.05) is 6.42 Å². The first kappa shape index (κ1) is 34.3. The van der Waals surface area contributed by atoms with Crippen LogP contribution in [0.1, 0.15) is 84.0 Å². The molecule has 0 radical (unpaired) electrons. The molecule has 2 rings (SSSR count). The Morgan fingerprint density at radius 3 is 1.95 bits per heavy atom. The fourth-order valence-electron chi connectivity index (χ4n) is 4.72. The first-order chi connectivity index (χ1) is 18.2. The van der Waals surface area contributed by atoms with E-state index in [0.717, 1.165) is 19.3 Å². The SMILES string of the molecule is CCCCCCCCCCCCCC(=O)OC[C@H]1O[C@H](O[C@@]2(CCl)O[C@H](CCl)[C@@H](O)[C@@H]2O)[C@H](O)[C@@H](O)[C@H]1Cl. The Hall–Kier alpha value is 0.0600. The van der Waals surface area contributed by atoms with Crippen LogP contribution >= 0.6 is 34.8 Å². The third kappa shape index (κ3) is 9.86. The Bertz CT molecular complexity index is 676. The van der Waals surface area contributed by atoms with Crippen LogP contribution in [0.3, 0.4) is 0 Å². The van der Waals surface area contributed by atoms with Crippen LogP contribution in [0.25, 0.3) is 0 Å². The van der Waals surface area contributed by atoms with Crippen molar-refractivity contribution in [2.24, 2.45) is 0 Å². The van der Waals surface area contributed by atoms with Crippen LogP contribution in [0.4, 0.5) is 0 Å². The number of hydrogen-bond acceptors (Lipinski definition) is 9. The van der Waals surface area contributed by atoms with Gasteiger partial charge in [0.25, 0.3) is 0 Å². The lowest BCUT2D eigenvalue weighted by molar-refractivity contribution is -0.357.